The summed E-state index contributed by atoms with van der Waals surface area (Å²) in [6.07, 6.45) is 0.957. The van der Waals surface area contributed by atoms with Crippen molar-refractivity contribution in [2.45, 2.75) is 12.5 Å². The van der Waals surface area contributed by atoms with Crippen molar-refractivity contribution in [2.75, 3.05) is 25.0 Å². The number of hydrogen-bond acceptors (Lipinski definition) is 3. The Morgan fingerprint density at radius 3 is 2.53 bits per heavy atom. The number of likely N-dealkylation sites (tertiary alicyclic amines) is 1. The minimum atomic E-state index is -0.0298. The van der Waals surface area contributed by atoms with E-state index in [4.69, 9.17) is 5.73 Å². The number of nitrogens with one attached hydrogen (secondary N) is 1. The molecule has 3 N–H and O–H groups in total. The van der Waals surface area contributed by atoms with Crippen molar-refractivity contribution >= 4 is 59.4 Å². The molecule has 0 saturated carbocycles. The molecular weight excluding hydrogens is 442 g/mol. The number of anilines is 1. The largest absolute Gasteiger partial charge is 0.326 e. The highest BCUT2D eigenvalue weighted by molar-refractivity contribution is 9.11. The molecule has 104 valence electrons. The zero-order chi connectivity index (χ0) is 14.0. The standard InChI is InChI=1S/C12H14Br3N3O/c13-7-3-9(14)12(10(15)4-7)17-11(19)6-18-2-1-8(16)5-18/h3-4,8H,1-2,5-6,16H2,(H,17,19)/t8-/m1/s1. The van der Waals surface area contributed by atoms with Crippen molar-refractivity contribution in [3.05, 3.63) is 25.6 Å². The first kappa shape index (κ1) is 15.4. The van der Waals surface area contributed by atoms with E-state index < -0.39 is 0 Å². The monoisotopic (exact) mass is 453 g/mol. The van der Waals surface area contributed by atoms with Crippen LogP contribution >= 0.6 is 47.8 Å². The van der Waals surface area contributed by atoms with Crippen LogP contribution < -0.4 is 11.1 Å². The van der Waals surface area contributed by atoms with E-state index in [1.165, 1.54) is 0 Å². The zero-order valence-electron chi connectivity index (χ0n) is 10.1. The Morgan fingerprint density at radius 1 is 1.37 bits per heavy atom. The predicted octanol–water partition coefficient (Wildman–Crippen LogP) is 2.95. The molecule has 0 aliphatic carbocycles. The maximum absolute atomic E-state index is 12.0. The molecular formula is C12H14Br3N3O. The van der Waals surface area contributed by atoms with Gasteiger partial charge in [0.25, 0.3) is 0 Å². The SMILES string of the molecule is N[C@@H]1CCN(CC(=O)Nc2c(Br)cc(Br)cc2Br)C1. The summed E-state index contributed by atoms with van der Waals surface area (Å²) in [6.45, 7) is 2.05. The quantitative estimate of drug-likeness (QED) is 0.736. The Kier molecular flexibility index (Phi) is 5.42. The van der Waals surface area contributed by atoms with E-state index in [9.17, 15) is 4.79 Å². The van der Waals surface area contributed by atoms with Gasteiger partial charge in [-0.3, -0.25) is 9.69 Å². The second-order valence-corrected chi connectivity index (χ2v) is 7.20. The summed E-state index contributed by atoms with van der Waals surface area (Å²) in [7, 11) is 0. The fraction of sp³-hybridized carbons (Fsp3) is 0.417. The molecule has 1 aromatic carbocycles. The molecule has 1 heterocycles. The van der Waals surface area contributed by atoms with Crippen LogP contribution in [0.5, 0.6) is 0 Å². The number of hydrogen-bond donors (Lipinski definition) is 2. The van der Waals surface area contributed by atoms with Gasteiger partial charge in [-0.1, -0.05) is 15.9 Å². The minimum Gasteiger partial charge on any atom is -0.326 e. The van der Waals surface area contributed by atoms with Crippen LogP contribution in [0, 0.1) is 0 Å². The molecule has 4 nitrogen and oxygen atoms in total. The number of benzene rings is 1. The van der Waals surface area contributed by atoms with Crippen LogP contribution in [-0.4, -0.2) is 36.5 Å². The Labute approximate surface area is 137 Å². The van der Waals surface area contributed by atoms with E-state index in [1.807, 2.05) is 12.1 Å². The van der Waals surface area contributed by atoms with E-state index in [0.717, 1.165) is 38.6 Å². The third-order valence-corrected chi connectivity index (χ3v) is 4.66. The highest BCUT2D eigenvalue weighted by Gasteiger charge is 2.21. The number of nitrogens with two attached hydrogens (primary N) is 1. The number of carbonyl (C=O) groups is 1. The summed E-state index contributed by atoms with van der Waals surface area (Å²) < 4.78 is 2.61. The van der Waals surface area contributed by atoms with Crippen molar-refractivity contribution in [1.29, 1.82) is 0 Å². The summed E-state index contributed by atoms with van der Waals surface area (Å²) in [4.78, 5) is 14.1. The van der Waals surface area contributed by atoms with Crippen LogP contribution in [0.4, 0.5) is 5.69 Å². The van der Waals surface area contributed by atoms with Crippen LogP contribution in [0.1, 0.15) is 6.42 Å². The van der Waals surface area contributed by atoms with Crippen molar-refractivity contribution in [3.63, 3.8) is 0 Å². The lowest BCUT2D eigenvalue weighted by Crippen LogP contribution is -2.33. The Hall–Kier alpha value is 0.0500. The molecule has 0 aromatic heterocycles. The maximum Gasteiger partial charge on any atom is 0.238 e. The van der Waals surface area contributed by atoms with Gasteiger partial charge in [-0.15, -0.1) is 0 Å². The summed E-state index contributed by atoms with van der Waals surface area (Å²) in [6, 6.07) is 3.98. The molecule has 2 rings (SSSR count). The normalized spacial score (nSPS) is 19.7. The van der Waals surface area contributed by atoms with Gasteiger partial charge < -0.3 is 11.1 Å². The predicted molar refractivity (Wildman–Crippen MR) is 87.2 cm³/mol. The van der Waals surface area contributed by atoms with Gasteiger partial charge in [0.2, 0.25) is 5.91 Å². The van der Waals surface area contributed by atoms with Crippen molar-refractivity contribution in [3.8, 4) is 0 Å². The maximum atomic E-state index is 12.0. The molecule has 1 atom stereocenters. The van der Waals surface area contributed by atoms with Crippen molar-refractivity contribution in [2.24, 2.45) is 5.73 Å². The molecule has 0 unspecified atom stereocenters. The molecule has 0 spiro atoms. The van der Waals surface area contributed by atoms with Gasteiger partial charge in [0.05, 0.1) is 12.2 Å². The van der Waals surface area contributed by atoms with Gasteiger partial charge in [-0.25, -0.2) is 0 Å². The minimum absolute atomic E-state index is 0.0298. The number of carbonyl (C=O) groups excluding carboxylic acids is 1. The summed E-state index contributed by atoms with van der Waals surface area (Å²) >= 11 is 10.3. The highest BCUT2D eigenvalue weighted by atomic mass is 79.9. The molecule has 19 heavy (non-hydrogen) atoms. The van der Waals surface area contributed by atoms with Gasteiger partial charge in [-0.2, -0.15) is 0 Å². The smallest absolute Gasteiger partial charge is 0.238 e. The lowest BCUT2D eigenvalue weighted by atomic mass is 10.3. The molecule has 0 bridgehead atoms. The molecule has 7 heteroatoms. The number of rotatable bonds is 3. The van der Waals surface area contributed by atoms with Crippen LogP contribution in [0.15, 0.2) is 25.6 Å². The van der Waals surface area contributed by atoms with Crippen LogP contribution in [0.2, 0.25) is 0 Å². The number of amides is 1. The van der Waals surface area contributed by atoms with Gasteiger partial charge in [0, 0.05) is 32.5 Å². The van der Waals surface area contributed by atoms with Crippen LogP contribution in [0.25, 0.3) is 0 Å². The highest BCUT2D eigenvalue weighted by Crippen LogP contribution is 2.34. The Bertz CT molecular complexity index is 472. The van der Waals surface area contributed by atoms with E-state index in [1.54, 1.807) is 0 Å². The van der Waals surface area contributed by atoms with Crippen molar-refractivity contribution in [1.82, 2.24) is 4.90 Å². The second kappa shape index (κ2) is 6.67. The summed E-state index contributed by atoms with van der Waals surface area (Å²) in [5.74, 6) is -0.0298. The molecule has 1 saturated heterocycles. The Morgan fingerprint density at radius 2 is 2.00 bits per heavy atom. The van der Waals surface area contributed by atoms with E-state index in [2.05, 4.69) is 58.0 Å². The second-order valence-electron chi connectivity index (χ2n) is 4.58. The van der Waals surface area contributed by atoms with E-state index in [0.29, 0.717) is 6.54 Å². The molecule has 1 aliphatic rings. The molecule has 1 aliphatic heterocycles. The average Bonchev–Trinajstić information content (AvgIpc) is 2.69. The first-order valence-electron chi connectivity index (χ1n) is 5.88. The van der Waals surface area contributed by atoms with E-state index in [-0.39, 0.29) is 11.9 Å². The van der Waals surface area contributed by atoms with Gasteiger partial charge >= 0.3 is 0 Å². The third-order valence-electron chi connectivity index (χ3n) is 2.95. The number of nitrogens with zero attached hydrogens (tertiary/aromatic N) is 1. The first-order valence-corrected chi connectivity index (χ1v) is 8.26. The topological polar surface area (TPSA) is 58.4 Å². The summed E-state index contributed by atoms with van der Waals surface area (Å²) in [5.41, 5.74) is 6.57. The third kappa shape index (κ3) is 4.26. The fourth-order valence-electron chi connectivity index (χ4n) is 2.05. The lowest BCUT2D eigenvalue weighted by molar-refractivity contribution is -0.117. The van der Waals surface area contributed by atoms with Crippen LogP contribution in [-0.2, 0) is 4.79 Å². The van der Waals surface area contributed by atoms with Crippen LogP contribution in [0.3, 0.4) is 0 Å². The van der Waals surface area contributed by atoms with E-state index >= 15 is 0 Å². The van der Waals surface area contributed by atoms with Gasteiger partial charge in [0.1, 0.15) is 0 Å². The molecule has 1 aromatic rings. The molecule has 1 amide bonds. The average molecular weight is 456 g/mol. The zero-order valence-corrected chi connectivity index (χ0v) is 14.9. The molecule has 1 fully saturated rings. The fourth-order valence-corrected chi connectivity index (χ4v) is 4.51. The molecule has 0 radical (unpaired) electrons. The first-order chi connectivity index (χ1) is 8.95. The van der Waals surface area contributed by atoms with Crippen molar-refractivity contribution < 1.29 is 4.79 Å². The lowest BCUT2D eigenvalue weighted by Gasteiger charge is -2.16. The number of halogens is 3. The summed E-state index contributed by atoms with van der Waals surface area (Å²) in [5, 5.41) is 2.91. The Balaban J connectivity index is 1.99. The van der Waals surface area contributed by atoms with Gasteiger partial charge in [-0.05, 0) is 50.4 Å². The van der Waals surface area contributed by atoms with Gasteiger partial charge in [0.15, 0.2) is 0 Å².